The highest BCUT2D eigenvalue weighted by Gasteiger charge is 2.35. The highest BCUT2D eigenvalue weighted by atomic mass is 19.4. The van der Waals surface area contributed by atoms with Crippen LogP contribution in [0.25, 0.3) is 5.70 Å². The first kappa shape index (κ1) is 38.9. The number of rotatable bonds is 12. The first-order chi connectivity index (χ1) is 27.0. The summed E-state index contributed by atoms with van der Waals surface area (Å²) in [5.41, 5.74) is 11.8. The van der Waals surface area contributed by atoms with Gasteiger partial charge >= 0.3 is 6.18 Å². The van der Waals surface area contributed by atoms with Crippen molar-refractivity contribution < 1.29 is 27.5 Å². The summed E-state index contributed by atoms with van der Waals surface area (Å²) in [6.07, 6.45) is -0.982. The number of nitrogens with one attached hydrogen (secondary N) is 2. The third-order valence-corrected chi connectivity index (χ3v) is 11.1. The Morgan fingerprint density at radius 3 is 2.11 bits per heavy atom. The number of nitrogens with zero attached hydrogens (tertiary/aromatic N) is 3. The second kappa shape index (κ2) is 17.2. The number of ether oxygens (including phenoxy) is 1. The van der Waals surface area contributed by atoms with Gasteiger partial charge < -0.3 is 26.0 Å². The number of nitrogens with two attached hydrogens (primary N) is 1. The molecule has 12 heteroatoms. The highest BCUT2D eigenvalue weighted by Crippen LogP contribution is 2.44. The molecule has 3 aliphatic heterocycles. The van der Waals surface area contributed by atoms with Gasteiger partial charge in [-0.3, -0.25) is 19.4 Å². The van der Waals surface area contributed by atoms with Crippen molar-refractivity contribution in [1.82, 2.24) is 15.1 Å². The van der Waals surface area contributed by atoms with Crippen molar-refractivity contribution in [1.29, 1.82) is 0 Å². The lowest BCUT2D eigenvalue weighted by Crippen LogP contribution is -2.47. The maximum atomic E-state index is 13.3. The molecule has 2 amide bonds. The standard InChI is InChI=1S/C44H49F3N6O3/c1-56-39-12-6-11-38-41(49-35-15-13-32(14-16-35)43(55)50-36-17-21-51(22-18-36)27-30-7-3-2-4-8-30)33(26-40(48)54)29-53(42(38)39)37-19-23-52(24-20-37)28-31-9-5-10-34(25-31)44(45,46)47/h2-16,25,36-37,49H,17-24,26-29H2,1H3,(H2,48,54)(H,50,55). The number of methoxy groups -OCH3 is 1. The summed E-state index contributed by atoms with van der Waals surface area (Å²) in [5, 5.41) is 6.78. The number of hydrogen-bond acceptors (Lipinski definition) is 7. The molecule has 4 aromatic rings. The van der Waals surface area contributed by atoms with E-state index < -0.39 is 17.6 Å². The van der Waals surface area contributed by atoms with Crippen LogP contribution in [0.4, 0.5) is 24.5 Å². The molecule has 0 radical (unpaired) electrons. The number of para-hydroxylation sites is 1. The monoisotopic (exact) mass is 766 g/mol. The molecule has 4 aromatic carbocycles. The van der Waals surface area contributed by atoms with Crippen molar-refractivity contribution in [3.63, 3.8) is 0 Å². The van der Waals surface area contributed by atoms with Crippen LogP contribution in [0.1, 0.15) is 64.7 Å². The van der Waals surface area contributed by atoms with Gasteiger partial charge in [0, 0.05) is 80.4 Å². The molecule has 3 aliphatic rings. The lowest BCUT2D eigenvalue weighted by atomic mass is 9.91. The zero-order valence-electron chi connectivity index (χ0n) is 31.7. The van der Waals surface area contributed by atoms with E-state index in [1.807, 2.05) is 48.5 Å². The maximum absolute atomic E-state index is 13.3. The molecule has 3 heterocycles. The van der Waals surface area contributed by atoms with E-state index in [9.17, 15) is 22.8 Å². The van der Waals surface area contributed by atoms with E-state index in [0.717, 1.165) is 79.6 Å². The summed E-state index contributed by atoms with van der Waals surface area (Å²) in [6.45, 7) is 5.06. The number of carbonyl (C=O) groups is 2. The number of piperidine rings is 2. The van der Waals surface area contributed by atoms with Crippen molar-refractivity contribution in [3.05, 3.63) is 130 Å². The van der Waals surface area contributed by atoms with Gasteiger partial charge in [0.25, 0.3) is 5.91 Å². The van der Waals surface area contributed by atoms with Crippen LogP contribution in [0, 0.1) is 0 Å². The van der Waals surface area contributed by atoms with Crippen LogP contribution in [-0.2, 0) is 24.1 Å². The lowest BCUT2D eigenvalue weighted by Gasteiger charge is -2.44. The number of alkyl halides is 3. The predicted molar refractivity (Wildman–Crippen MR) is 213 cm³/mol. The van der Waals surface area contributed by atoms with Gasteiger partial charge in [0.2, 0.25) is 5.91 Å². The molecule has 0 saturated carbocycles. The van der Waals surface area contributed by atoms with E-state index in [-0.39, 0.29) is 24.4 Å². The molecular formula is C44H49F3N6O3. The molecule has 4 N–H and O–H groups in total. The van der Waals surface area contributed by atoms with Gasteiger partial charge in [0.15, 0.2) is 0 Å². The molecule has 294 valence electrons. The molecule has 0 atom stereocenters. The minimum Gasteiger partial charge on any atom is -0.495 e. The minimum atomic E-state index is -4.38. The second-order valence-corrected chi connectivity index (χ2v) is 15.0. The Bertz CT molecular complexity index is 2020. The van der Waals surface area contributed by atoms with Crippen LogP contribution in [0.3, 0.4) is 0 Å². The Balaban J connectivity index is 1.02. The SMILES string of the molecule is COc1cccc2c1N(C1CCN(Cc3cccc(C(F)(F)F)c3)CC1)CC(CC(N)=O)=C2Nc1ccc(C(=O)NC2CCN(Cc3ccccc3)CC2)cc1. The predicted octanol–water partition coefficient (Wildman–Crippen LogP) is 7.29. The number of primary amides is 1. The number of benzene rings is 4. The van der Waals surface area contributed by atoms with E-state index in [4.69, 9.17) is 10.5 Å². The first-order valence-corrected chi connectivity index (χ1v) is 19.3. The smallest absolute Gasteiger partial charge is 0.416 e. The largest absolute Gasteiger partial charge is 0.495 e. The fraction of sp³-hybridized carbons (Fsp3) is 0.364. The zero-order chi connectivity index (χ0) is 39.2. The van der Waals surface area contributed by atoms with Crippen LogP contribution in [-0.4, -0.2) is 73.5 Å². The van der Waals surface area contributed by atoms with E-state index >= 15 is 0 Å². The van der Waals surface area contributed by atoms with Crippen LogP contribution in [0.5, 0.6) is 5.75 Å². The Hall–Kier alpha value is -5.33. The Morgan fingerprint density at radius 1 is 0.804 bits per heavy atom. The molecule has 7 rings (SSSR count). The van der Waals surface area contributed by atoms with Gasteiger partial charge in [-0.15, -0.1) is 0 Å². The number of likely N-dealkylation sites (tertiary alicyclic amines) is 2. The zero-order valence-corrected chi connectivity index (χ0v) is 31.7. The molecule has 0 bridgehead atoms. The van der Waals surface area contributed by atoms with Crippen LogP contribution in [0.2, 0.25) is 0 Å². The first-order valence-electron chi connectivity index (χ1n) is 19.3. The fourth-order valence-electron chi connectivity index (χ4n) is 8.25. The second-order valence-electron chi connectivity index (χ2n) is 15.0. The summed E-state index contributed by atoms with van der Waals surface area (Å²) in [4.78, 5) is 32.6. The van der Waals surface area contributed by atoms with Crippen LogP contribution in [0.15, 0.2) is 103 Å². The molecule has 2 fully saturated rings. The normalized spacial score (nSPS) is 17.4. The van der Waals surface area contributed by atoms with Gasteiger partial charge in [-0.2, -0.15) is 13.2 Å². The van der Waals surface area contributed by atoms with E-state index in [1.165, 1.54) is 17.7 Å². The van der Waals surface area contributed by atoms with Crippen LogP contribution < -0.4 is 26.0 Å². The Labute approximate surface area is 326 Å². The van der Waals surface area contributed by atoms with Crippen molar-refractivity contribution in [2.45, 2.75) is 63.5 Å². The molecule has 9 nitrogen and oxygen atoms in total. The molecular weight excluding hydrogens is 718 g/mol. The fourth-order valence-corrected chi connectivity index (χ4v) is 8.25. The van der Waals surface area contributed by atoms with E-state index in [2.05, 4.69) is 49.6 Å². The Morgan fingerprint density at radius 2 is 1.45 bits per heavy atom. The van der Waals surface area contributed by atoms with E-state index in [0.29, 0.717) is 43.1 Å². The number of amides is 2. The molecule has 0 aliphatic carbocycles. The number of halogens is 3. The number of carbonyl (C=O) groups excluding carboxylic acids is 2. The van der Waals surface area contributed by atoms with E-state index in [1.54, 1.807) is 13.2 Å². The van der Waals surface area contributed by atoms with Gasteiger partial charge in [-0.1, -0.05) is 60.7 Å². The molecule has 0 unspecified atom stereocenters. The number of anilines is 2. The summed E-state index contributed by atoms with van der Waals surface area (Å²) in [7, 11) is 1.64. The maximum Gasteiger partial charge on any atom is 0.416 e. The quantitative estimate of drug-likeness (QED) is 0.139. The van der Waals surface area contributed by atoms with Gasteiger partial charge in [0.1, 0.15) is 5.75 Å². The molecule has 0 spiro atoms. The summed E-state index contributed by atoms with van der Waals surface area (Å²) < 4.78 is 45.9. The summed E-state index contributed by atoms with van der Waals surface area (Å²) in [5.74, 6) is 0.152. The van der Waals surface area contributed by atoms with Gasteiger partial charge in [-0.05, 0) is 78.8 Å². The third kappa shape index (κ3) is 9.37. The van der Waals surface area contributed by atoms with Crippen molar-refractivity contribution in [2.24, 2.45) is 5.73 Å². The average molecular weight is 767 g/mol. The van der Waals surface area contributed by atoms with Gasteiger partial charge in [0.05, 0.1) is 24.8 Å². The number of hydrogen-bond donors (Lipinski definition) is 3. The molecule has 0 aromatic heterocycles. The minimum absolute atomic E-state index is 0.0501. The highest BCUT2D eigenvalue weighted by molar-refractivity contribution is 5.96. The molecule has 2 saturated heterocycles. The summed E-state index contributed by atoms with van der Waals surface area (Å²) in [6, 6.07) is 29.4. The van der Waals surface area contributed by atoms with Crippen molar-refractivity contribution in [2.75, 3.05) is 50.1 Å². The van der Waals surface area contributed by atoms with Gasteiger partial charge in [-0.25, -0.2) is 0 Å². The lowest BCUT2D eigenvalue weighted by molar-refractivity contribution is -0.137. The van der Waals surface area contributed by atoms with Crippen LogP contribution >= 0.6 is 0 Å². The average Bonchev–Trinajstić information content (AvgIpc) is 3.19. The van der Waals surface area contributed by atoms with Crippen molar-refractivity contribution >= 4 is 28.9 Å². The third-order valence-electron chi connectivity index (χ3n) is 11.1. The summed E-state index contributed by atoms with van der Waals surface area (Å²) >= 11 is 0. The number of fused-ring (bicyclic) bond motifs is 1. The topological polar surface area (TPSA) is 103 Å². The Kier molecular flexibility index (Phi) is 12.0. The molecule has 56 heavy (non-hydrogen) atoms. The van der Waals surface area contributed by atoms with Crippen molar-refractivity contribution in [3.8, 4) is 5.75 Å².